The molecule has 1 fully saturated rings. The topological polar surface area (TPSA) is 60.2 Å². The summed E-state index contributed by atoms with van der Waals surface area (Å²) in [6.45, 7) is 5.59. The molecule has 0 spiro atoms. The highest BCUT2D eigenvalue weighted by Crippen LogP contribution is 2.31. The Labute approximate surface area is 108 Å². The number of anilines is 1. The number of rotatable bonds is 2. The Kier molecular flexibility index (Phi) is 3.53. The van der Waals surface area contributed by atoms with Crippen LogP contribution < -0.4 is 4.90 Å². The first kappa shape index (κ1) is 12.8. The molecule has 18 heavy (non-hydrogen) atoms. The number of nitrogens with zero attached hydrogens (tertiary/aromatic N) is 3. The van der Waals surface area contributed by atoms with Crippen molar-refractivity contribution in [2.24, 2.45) is 5.92 Å². The van der Waals surface area contributed by atoms with Gasteiger partial charge in [0.25, 0.3) is 0 Å². The minimum atomic E-state index is -0.585. The molecule has 0 amide bonds. The summed E-state index contributed by atoms with van der Waals surface area (Å²) in [5.41, 5.74) is -0.143. The van der Waals surface area contributed by atoms with E-state index in [0.29, 0.717) is 5.69 Å². The average molecular weight is 245 g/mol. The SMILES string of the molecule is CC[C@H]1CN(c2cccc(C#N)n2)CC[C@@]1(C)O. The van der Waals surface area contributed by atoms with Crippen LogP contribution in [0.1, 0.15) is 32.4 Å². The Balaban J connectivity index is 2.18. The third-order valence-corrected chi connectivity index (χ3v) is 3.87. The quantitative estimate of drug-likeness (QED) is 0.865. The third-order valence-electron chi connectivity index (χ3n) is 3.87. The Morgan fingerprint density at radius 2 is 2.39 bits per heavy atom. The van der Waals surface area contributed by atoms with Gasteiger partial charge in [-0.15, -0.1) is 0 Å². The largest absolute Gasteiger partial charge is 0.390 e. The number of piperidine rings is 1. The van der Waals surface area contributed by atoms with Crippen molar-refractivity contribution in [3.63, 3.8) is 0 Å². The molecule has 2 atom stereocenters. The van der Waals surface area contributed by atoms with Gasteiger partial charge in [-0.05, 0) is 31.9 Å². The Morgan fingerprint density at radius 1 is 1.61 bits per heavy atom. The van der Waals surface area contributed by atoms with E-state index in [2.05, 4.69) is 22.9 Å². The molecule has 0 unspecified atom stereocenters. The van der Waals surface area contributed by atoms with Crippen molar-refractivity contribution in [3.8, 4) is 6.07 Å². The molecule has 0 aliphatic carbocycles. The van der Waals surface area contributed by atoms with Gasteiger partial charge in [-0.1, -0.05) is 13.0 Å². The number of nitriles is 1. The van der Waals surface area contributed by atoms with Crippen molar-refractivity contribution in [1.29, 1.82) is 5.26 Å². The zero-order valence-corrected chi connectivity index (χ0v) is 10.9. The highest BCUT2D eigenvalue weighted by molar-refractivity contribution is 5.42. The van der Waals surface area contributed by atoms with Gasteiger partial charge in [-0.2, -0.15) is 5.26 Å². The second kappa shape index (κ2) is 4.95. The molecule has 1 N–H and O–H groups in total. The van der Waals surface area contributed by atoms with Crippen molar-refractivity contribution in [2.45, 2.75) is 32.3 Å². The van der Waals surface area contributed by atoms with Crippen molar-refractivity contribution in [2.75, 3.05) is 18.0 Å². The van der Waals surface area contributed by atoms with Gasteiger partial charge in [0.15, 0.2) is 0 Å². The number of hydrogen-bond donors (Lipinski definition) is 1. The van der Waals surface area contributed by atoms with E-state index < -0.39 is 5.60 Å². The van der Waals surface area contributed by atoms with Crippen LogP contribution in [0.5, 0.6) is 0 Å². The summed E-state index contributed by atoms with van der Waals surface area (Å²) in [6, 6.07) is 7.55. The lowest BCUT2D eigenvalue weighted by Gasteiger charge is -2.43. The second-order valence-corrected chi connectivity index (χ2v) is 5.15. The highest BCUT2D eigenvalue weighted by atomic mass is 16.3. The Bertz CT molecular complexity index is 464. The molecule has 2 rings (SSSR count). The zero-order valence-electron chi connectivity index (χ0n) is 10.9. The lowest BCUT2D eigenvalue weighted by molar-refractivity contribution is -0.0183. The molecule has 1 aliphatic rings. The fraction of sp³-hybridized carbons (Fsp3) is 0.571. The predicted octanol–water partition coefficient (Wildman–Crippen LogP) is 1.94. The molecule has 2 heterocycles. The van der Waals surface area contributed by atoms with Crippen molar-refractivity contribution < 1.29 is 5.11 Å². The molecular weight excluding hydrogens is 226 g/mol. The van der Waals surface area contributed by atoms with E-state index in [9.17, 15) is 5.11 Å². The lowest BCUT2D eigenvalue weighted by Crippen LogP contribution is -2.50. The van der Waals surface area contributed by atoms with Crippen molar-refractivity contribution in [3.05, 3.63) is 23.9 Å². The maximum atomic E-state index is 10.3. The third kappa shape index (κ3) is 2.46. The molecule has 1 aromatic rings. The standard InChI is InChI=1S/C14H19N3O/c1-3-11-10-17(8-7-14(11,2)18)13-6-4-5-12(9-15)16-13/h4-6,11,18H,3,7-8,10H2,1-2H3/t11-,14+/m0/s1. The average Bonchev–Trinajstić information content (AvgIpc) is 2.38. The summed E-state index contributed by atoms with van der Waals surface area (Å²) >= 11 is 0. The summed E-state index contributed by atoms with van der Waals surface area (Å²) in [4.78, 5) is 6.47. The van der Waals surface area contributed by atoms with Crippen molar-refractivity contribution in [1.82, 2.24) is 4.98 Å². The molecule has 1 aliphatic heterocycles. The summed E-state index contributed by atoms with van der Waals surface area (Å²) in [7, 11) is 0. The zero-order chi connectivity index (χ0) is 13.2. The first-order valence-electron chi connectivity index (χ1n) is 6.41. The summed E-state index contributed by atoms with van der Waals surface area (Å²) in [5.74, 6) is 1.08. The van der Waals surface area contributed by atoms with Crippen LogP contribution in [0, 0.1) is 17.2 Å². The van der Waals surface area contributed by atoms with E-state index in [-0.39, 0.29) is 5.92 Å². The van der Waals surface area contributed by atoms with Gasteiger partial charge in [0.1, 0.15) is 17.6 Å². The van der Waals surface area contributed by atoms with Crippen LogP contribution in [-0.4, -0.2) is 28.8 Å². The van der Waals surface area contributed by atoms with Gasteiger partial charge in [-0.3, -0.25) is 0 Å². The number of aliphatic hydroxyl groups is 1. The van der Waals surface area contributed by atoms with Crippen LogP contribution in [0.4, 0.5) is 5.82 Å². The molecule has 4 nitrogen and oxygen atoms in total. The first-order valence-corrected chi connectivity index (χ1v) is 6.41. The van der Waals surface area contributed by atoms with Gasteiger partial charge in [0, 0.05) is 19.0 Å². The van der Waals surface area contributed by atoms with Gasteiger partial charge in [0.05, 0.1) is 5.60 Å². The first-order chi connectivity index (χ1) is 8.56. The van der Waals surface area contributed by atoms with Gasteiger partial charge in [0.2, 0.25) is 0 Å². The van der Waals surface area contributed by atoms with Crippen LogP contribution in [-0.2, 0) is 0 Å². The molecule has 0 saturated carbocycles. The molecule has 0 bridgehead atoms. The predicted molar refractivity (Wildman–Crippen MR) is 70.2 cm³/mol. The summed E-state index contributed by atoms with van der Waals surface area (Å²) in [6.07, 6.45) is 1.69. The smallest absolute Gasteiger partial charge is 0.142 e. The van der Waals surface area contributed by atoms with Crippen LogP contribution in [0.15, 0.2) is 18.2 Å². The molecule has 1 saturated heterocycles. The molecular formula is C14H19N3O. The second-order valence-electron chi connectivity index (χ2n) is 5.15. The van der Waals surface area contributed by atoms with E-state index in [1.165, 1.54) is 0 Å². The fourth-order valence-corrected chi connectivity index (χ4v) is 2.56. The van der Waals surface area contributed by atoms with Crippen LogP contribution >= 0.6 is 0 Å². The van der Waals surface area contributed by atoms with Crippen LogP contribution in [0.2, 0.25) is 0 Å². The number of pyridine rings is 1. The van der Waals surface area contributed by atoms with Crippen molar-refractivity contribution >= 4 is 5.82 Å². The molecule has 96 valence electrons. The fourth-order valence-electron chi connectivity index (χ4n) is 2.56. The number of hydrogen-bond acceptors (Lipinski definition) is 4. The minimum absolute atomic E-state index is 0.249. The molecule has 0 radical (unpaired) electrons. The van der Waals surface area contributed by atoms with Crippen LogP contribution in [0.3, 0.4) is 0 Å². The highest BCUT2D eigenvalue weighted by Gasteiger charge is 2.36. The molecule has 4 heteroatoms. The maximum absolute atomic E-state index is 10.3. The van der Waals surface area contributed by atoms with E-state index in [4.69, 9.17) is 5.26 Å². The lowest BCUT2D eigenvalue weighted by atomic mass is 9.81. The monoisotopic (exact) mass is 245 g/mol. The minimum Gasteiger partial charge on any atom is -0.390 e. The Morgan fingerprint density at radius 3 is 3.06 bits per heavy atom. The van der Waals surface area contributed by atoms with Crippen LogP contribution in [0.25, 0.3) is 0 Å². The normalized spacial score (nSPS) is 27.9. The van der Waals surface area contributed by atoms with E-state index in [1.807, 2.05) is 19.1 Å². The summed E-state index contributed by atoms with van der Waals surface area (Å²) < 4.78 is 0. The Hall–Kier alpha value is -1.60. The van der Waals surface area contributed by atoms with E-state index in [1.54, 1.807) is 6.07 Å². The molecule has 0 aromatic carbocycles. The van der Waals surface area contributed by atoms with E-state index >= 15 is 0 Å². The maximum Gasteiger partial charge on any atom is 0.142 e. The van der Waals surface area contributed by atoms with Gasteiger partial charge >= 0.3 is 0 Å². The van der Waals surface area contributed by atoms with Gasteiger partial charge < -0.3 is 10.0 Å². The molecule has 1 aromatic heterocycles. The summed E-state index contributed by atoms with van der Waals surface area (Å²) in [5, 5.41) is 19.2. The van der Waals surface area contributed by atoms with E-state index in [0.717, 1.165) is 31.7 Å². The van der Waals surface area contributed by atoms with Gasteiger partial charge in [-0.25, -0.2) is 4.98 Å². The number of aromatic nitrogens is 1.